The van der Waals surface area contributed by atoms with Gasteiger partial charge in [-0.2, -0.15) is 0 Å². The lowest BCUT2D eigenvalue weighted by Crippen LogP contribution is -2.32. The van der Waals surface area contributed by atoms with Gasteiger partial charge in [0.15, 0.2) is 4.67 Å². The molecule has 2 N–H and O–H groups in total. The zero-order chi connectivity index (χ0) is 10.2. The Labute approximate surface area is 93.0 Å². The quantitative estimate of drug-likeness (QED) is 0.885. The van der Waals surface area contributed by atoms with Crippen LogP contribution in [0.2, 0.25) is 0 Å². The van der Waals surface area contributed by atoms with Gasteiger partial charge in [-0.3, -0.25) is 0 Å². The second-order valence-corrected chi connectivity index (χ2v) is 5.04. The highest BCUT2D eigenvalue weighted by Gasteiger charge is 2.38. The van der Waals surface area contributed by atoms with Crippen molar-refractivity contribution < 1.29 is 4.42 Å². The molecule has 0 aliphatic heterocycles. The van der Waals surface area contributed by atoms with Crippen LogP contribution >= 0.6 is 15.9 Å². The van der Waals surface area contributed by atoms with E-state index >= 15 is 0 Å². The topological polar surface area (TPSA) is 39.2 Å². The maximum Gasteiger partial charge on any atom is 0.169 e. The van der Waals surface area contributed by atoms with Crippen LogP contribution in [-0.2, 0) is 5.41 Å². The van der Waals surface area contributed by atoms with Crippen LogP contribution in [-0.4, -0.2) is 6.54 Å². The Morgan fingerprint density at radius 1 is 1.50 bits per heavy atom. The molecule has 3 heteroatoms. The summed E-state index contributed by atoms with van der Waals surface area (Å²) in [6, 6.07) is 2.03. The lowest BCUT2D eigenvalue weighted by Gasteiger charge is -2.25. The summed E-state index contributed by atoms with van der Waals surface area (Å²) in [5.41, 5.74) is 7.25. The van der Waals surface area contributed by atoms with E-state index in [1.807, 2.05) is 6.07 Å². The van der Waals surface area contributed by atoms with Crippen molar-refractivity contribution in [3.63, 3.8) is 0 Å². The molecule has 0 radical (unpaired) electrons. The molecule has 1 heterocycles. The molecular formula is C11H16BrNO. The van der Waals surface area contributed by atoms with E-state index in [2.05, 4.69) is 22.9 Å². The summed E-state index contributed by atoms with van der Waals surface area (Å²) in [4.78, 5) is 0. The summed E-state index contributed by atoms with van der Waals surface area (Å²) in [6.07, 6.45) is 4.89. The number of hydrogen-bond acceptors (Lipinski definition) is 2. The third kappa shape index (κ3) is 1.52. The molecule has 14 heavy (non-hydrogen) atoms. The van der Waals surface area contributed by atoms with Gasteiger partial charge in [0, 0.05) is 12.0 Å². The second kappa shape index (κ2) is 3.70. The highest BCUT2D eigenvalue weighted by molar-refractivity contribution is 9.10. The second-order valence-electron chi connectivity index (χ2n) is 4.25. The molecule has 2 rings (SSSR count). The van der Waals surface area contributed by atoms with Gasteiger partial charge in [0.1, 0.15) is 5.76 Å². The predicted octanol–water partition coefficient (Wildman–Crippen LogP) is 3.12. The van der Waals surface area contributed by atoms with E-state index in [-0.39, 0.29) is 5.41 Å². The van der Waals surface area contributed by atoms with E-state index < -0.39 is 0 Å². The third-order valence-electron chi connectivity index (χ3n) is 3.32. The number of nitrogens with two attached hydrogens (primary N) is 1. The van der Waals surface area contributed by atoms with Crippen molar-refractivity contribution in [2.75, 3.05) is 6.54 Å². The maximum atomic E-state index is 5.90. The van der Waals surface area contributed by atoms with E-state index in [0.717, 1.165) is 10.4 Å². The molecule has 2 nitrogen and oxygen atoms in total. The van der Waals surface area contributed by atoms with Crippen molar-refractivity contribution in [3.8, 4) is 0 Å². The molecule has 0 spiro atoms. The van der Waals surface area contributed by atoms with Crippen LogP contribution in [0.1, 0.15) is 37.0 Å². The van der Waals surface area contributed by atoms with Crippen LogP contribution in [0.15, 0.2) is 15.2 Å². The molecule has 0 bridgehead atoms. The molecule has 1 aromatic rings. The summed E-state index contributed by atoms with van der Waals surface area (Å²) in [5.74, 6) is 1.10. The summed E-state index contributed by atoms with van der Waals surface area (Å²) in [7, 11) is 0. The fourth-order valence-corrected chi connectivity index (χ4v) is 3.05. The fourth-order valence-electron chi connectivity index (χ4n) is 2.55. The fraction of sp³-hybridized carbons (Fsp3) is 0.636. The van der Waals surface area contributed by atoms with Crippen molar-refractivity contribution in [3.05, 3.63) is 22.1 Å². The van der Waals surface area contributed by atoms with E-state index in [1.54, 1.807) is 0 Å². The van der Waals surface area contributed by atoms with Crippen molar-refractivity contribution >= 4 is 15.9 Å². The van der Waals surface area contributed by atoms with Crippen molar-refractivity contribution in [1.82, 2.24) is 0 Å². The molecule has 0 atom stereocenters. The highest BCUT2D eigenvalue weighted by atomic mass is 79.9. The molecule has 1 saturated carbocycles. The van der Waals surface area contributed by atoms with Gasteiger partial charge in [0.05, 0.1) is 0 Å². The molecule has 1 aliphatic carbocycles. The minimum atomic E-state index is 0.121. The smallest absolute Gasteiger partial charge is 0.169 e. The average molecular weight is 258 g/mol. The normalized spacial score (nSPS) is 20.2. The van der Waals surface area contributed by atoms with Gasteiger partial charge in [-0.05, 0) is 47.3 Å². The Kier molecular flexibility index (Phi) is 2.71. The Hall–Kier alpha value is -0.280. The third-order valence-corrected chi connectivity index (χ3v) is 3.71. The predicted molar refractivity (Wildman–Crippen MR) is 60.3 cm³/mol. The minimum Gasteiger partial charge on any atom is -0.453 e. The molecular weight excluding hydrogens is 242 g/mol. The first-order valence-corrected chi connectivity index (χ1v) is 5.94. The van der Waals surface area contributed by atoms with Crippen molar-refractivity contribution in [2.24, 2.45) is 5.73 Å². The van der Waals surface area contributed by atoms with Gasteiger partial charge in [-0.15, -0.1) is 0 Å². The molecule has 0 saturated heterocycles. The van der Waals surface area contributed by atoms with Crippen LogP contribution in [0.5, 0.6) is 0 Å². The standard InChI is InChI=1S/C11H16BrNO/c1-8-6-9(12)14-10(8)11(7-13)4-2-3-5-11/h6H,2-5,7,13H2,1H3. The van der Waals surface area contributed by atoms with Crippen LogP contribution in [0.4, 0.5) is 0 Å². The SMILES string of the molecule is Cc1cc(Br)oc1C1(CN)CCCC1. The summed E-state index contributed by atoms with van der Waals surface area (Å²) in [6.45, 7) is 2.80. The zero-order valence-corrected chi connectivity index (χ0v) is 10.1. The largest absolute Gasteiger partial charge is 0.453 e. The first-order chi connectivity index (χ1) is 6.68. The van der Waals surface area contributed by atoms with Gasteiger partial charge in [-0.25, -0.2) is 0 Å². The van der Waals surface area contributed by atoms with Crippen molar-refractivity contribution in [1.29, 1.82) is 0 Å². The van der Waals surface area contributed by atoms with E-state index in [9.17, 15) is 0 Å². The highest BCUT2D eigenvalue weighted by Crippen LogP contribution is 2.43. The molecule has 1 fully saturated rings. The number of furan rings is 1. The van der Waals surface area contributed by atoms with Crippen LogP contribution in [0.25, 0.3) is 0 Å². The van der Waals surface area contributed by atoms with E-state index in [4.69, 9.17) is 10.2 Å². The van der Waals surface area contributed by atoms with Crippen LogP contribution < -0.4 is 5.73 Å². The summed E-state index contributed by atoms with van der Waals surface area (Å²) < 4.78 is 6.55. The average Bonchev–Trinajstić information content (AvgIpc) is 2.73. The van der Waals surface area contributed by atoms with Gasteiger partial charge in [0.25, 0.3) is 0 Å². The lowest BCUT2D eigenvalue weighted by atomic mass is 9.82. The van der Waals surface area contributed by atoms with Crippen LogP contribution in [0.3, 0.4) is 0 Å². The number of halogens is 1. The van der Waals surface area contributed by atoms with Gasteiger partial charge < -0.3 is 10.2 Å². The Morgan fingerprint density at radius 3 is 2.57 bits per heavy atom. The monoisotopic (exact) mass is 257 g/mol. The molecule has 0 unspecified atom stereocenters. The van der Waals surface area contributed by atoms with Crippen molar-refractivity contribution in [2.45, 2.75) is 38.0 Å². The van der Waals surface area contributed by atoms with Gasteiger partial charge >= 0.3 is 0 Å². The van der Waals surface area contributed by atoms with E-state index in [0.29, 0.717) is 6.54 Å². The van der Waals surface area contributed by atoms with Gasteiger partial charge in [0.2, 0.25) is 0 Å². The molecule has 1 aromatic heterocycles. The lowest BCUT2D eigenvalue weighted by molar-refractivity contribution is 0.337. The summed E-state index contributed by atoms with van der Waals surface area (Å²) >= 11 is 3.38. The summed E-state index contributed by atoms with van der Waals surface area (Å²) in [5, 5.41) is 0. The molecule has 78 valence electrons. The minimum absolute atomic E-state index is 0.121. The zero-order valence-electron chi connectivity index (χ0n) is 8.48. The molecule has 0 aromatic carbocycles. The number of aryl methyl sites for hydroxylation is 1. The Morgan fingerprint density at radius 2 is 2.14 bits per heavy atom. The van der Waals surface area contributed by atoms with Crippen LogP contribution in [0, 0.1) is 6.92 Å². The number of hydrogen-bond donors (Lipinski definition) is 1. The Balaban J connectivity index is 2.40. The molecule has 0 amide bonds. The molecule has 1 aliphatic rings. The first-order valence-electron chi connectivity index (χ1n) is 5.14. The number of rotatable bonds is 2. The Bertz CT molecular complexity index is 326. The first kappa shape index (κ1) is 10.2. The maximum absolute atomic E-state index is 5.90. The van der Waals surface area contributed by atoms with Gasteiger partial charge in [-0.1, -0.05) is 12.8 Å². The van der Waals surface area contributed by atoms with E-state index in [1.165, 1.54) is 31.2 Å².